The minimum Gasteiger partial charge on any atom is -0.455 e. The molecule has 4 aromatic carbocycles. The molecular formula is C41H32N2O2. The monoisotopic (exact) mass is 584 g/mol. The highest BCUT2D eigenvalue weighted by molar-refractivity contribution is 6.16. The van der Waals surface area contributed by atoms with E-state index in [1.807, 2.05) is 67.6 Å². The summed E-state index contributed by atoms with van der Waals surface area (Å²) >= 11 is 0. The number of hydrogen-bond acceptors (Lipinski definition) is 4. The van der Waals surface area contributed by atoms with Crippen LogP contribution in [0.1, 0.15) is 23.8 Å². The van der Waals surface area contributed by atoms with Gasteiger partial charge in [0, 0.05) is 38.4 Å². The van der Waals surface area contributed by atoms with Crippen molar-refractivity contribution in [2.24, 2.45) is 4.99 Å². The lowest BCUT2D eigenvalue weighted by molar-refractivity contribution is 0.604. The molecule has 2 heterocycles. The van der Waals surface area contributed by atoms with Crippen LogP contribution in [0.15, 0.2) is 154 Å². The molecule has 218 valence electrons. The van der Waals surface area contributed by atoms with Crippen LogP contribution in [0.3, 0.4) is 0 Å². The Balaban J connectivity index is 1.63. The lowest BCUT2D eigenvalue weighted by Gasteiger charge is -2.14. The van der Waals surface area contributed by atoms with Crippen molar-refractivity contribution in [2.45, 2.75) is 6.92 Å². The molecule has 4 nitrogen and oxygen atoms in total. The Bertz CT molecular complexity index is 2270. The summed E-state index contributed by atoms with van der Waals surface area (Å²) in [5, 5.41) is 12.3. The molecule has 1 N–H and O–H groups in total. The van der Waals surface area contributed by atoms with Gasteiger partial charge in [0.2, 0.25) is 0 Å². The summed E-state index contributed by atoms with van der Waals surface area (Å²) in [4.78, 5) is 4.20. The van der Waals surface area contributed by atoms with Crippen molar-refractivity contribution in [1.82, 2.24) is 0 Å². The van der Waals surface area contributed by atoms with E-state index in [-0.39, 0.29) is 5.71 Å². The first-order valence-electron chi connectivity index (χ1n) is 14.6. The van der Waals surface area contributed by atoms with Crippen LogP contribution in [0.4, 0.5) is 0 Å². The quantitative estimate of drug-likeness (QED) is 0.129. The summed E-state index contributed by atoms with van der Waals surface area (Å²) in [7, 11) is 0. The maximum atomic E-state index is 9.26. The molecule has 0 bridgehead atoms. The van der Waals surface area contributed by atoms with Crippen molar-refractivity contribution in [3.05, 3.63) is 157 Å². The van der Waals surface area contributed by atoms with Crippen LogP contribution in [-0.4, -0.2) is 12.4 Å². The summed E-state index contributed by atoms with van der Waals surface area (Å²) in [5.41, 5.74) is 9.18. The Morgan fingerprint density at radius 3 is 2.27 bits per heavy atom. The second-order valence-electron chi connectivity index (χ2n) is 10.5. The lowest BCUT2D eigenvalue weighted by Crippen LogP contribution is -2.01. The van der Waals surface area contributed by atoms with Crippen LogP contribution in [-0.2, 0) is 0 Å². The van der Waals surface area contributed by atoms with Crippen LogP contribution in [0.25, 0.3) is 67.3 Å². The molecule has 0 atom stereocenters. The van der Waals surface area contributed by atoms with Gasteiger partial charge in [-0.2, -0.15) is 0 Å². The molecule has 0 amide bonds. The minimum atomic E-state index is 0.268. The van der Waals surface area contributed by atoms with Gasteiger partial charge in [0.05, 0.1) is 11.4 Å². The van der Waals surface area contributed by atoms with Gasteiger partial charge in [-0.05, 0) is 54.6 Å². The Morgan fingerprint density at radius 2 is 1.53 bits per heavy atom. The van der Waals surface area contributed by atoms with Crippen LogP contribution in [0, 0.1) is 5.41 Å². The highest BCUT2D eigenvalue weighted by atomic mass is 16.3. The molecule has 0 aliphatic heterocycles. The van der Waals surface area contributed by atoms with E-state index in [2.05, 4.69) is 61.8 Å². The third kappa shape index (κ3) is 5.13. The van der Waals surface area contributed by atoms with Crippen LogP contribution < -0.4 is 0 Å². The molecule has 6 rings (SSSR count). The molecule has 0 spiro atoms. The fourth-order valence-corrected chi connectivity index (χ4v) is 5.82. The molecule has 0 unspecified atom stereocenters. The molecule has 4 heteroatoms. The number of hydrogen-bond donors (Lipinski definition) is 1. The van der Waals surface area contributed by atoms with Gasteiger partial charge in [0.15, 0.2) is 0 Å². The van der Waals surface area contributed by atoms with Gasteiger partial charge >= 0.3 is 0 Å². The number of benzene rings is 4. The second kappa shape index (κ2) is 12.3. The maximum absolute atomic E-state index is 9.26. The zero-order valence-corrected chi connectivity index (χ0v) is 25.1. The van der Waals surface area contributed by atoms with Crippen molar-refractivity contribution in [2.75, 3.05) is 0 Å². The van der Waals surface area contributed by atoms with Crippen LogP contribution in [0.2, 0.25) is 0 Å². The van der Waals surface area contributed by atoms with Crippen molar-refractivity contribution >= 4 is 57.5 Å². The standard InChI is InChI=1S/C41H32N2O2/c1-6-14-26(8-3)37(43-5)25-36(42)29-23-22-27(28-17-12-18-32-30(15-7-2)38(9-4)44-40(28)32)24-35(29)34-20-13-19-33-31-16-10-11-21-39(31)45-41(33)34/h6-25,42H,1,3-5H2,2H3/b15-7-,26-14+,37-25-,42-36?. The van der Waals surface area contributed by atoms with E-state index < -0.39 is 0 Å². The van der Waals surface area contributed by atoms with E-state index in [1.165, 1.54) is 0 Å². The number of allylic oxidation sites excluding steroid dienone is 5. The molecule has 0 saturated heterocycles. The van der Waals surface area contributed by atoms with Crippen molar-refractivity contribution in [3.8, 4) is 22.3 Å². The van der Waals surface area contributed by atoms with Crippen molar-refractivity contribution in [3.63, 3.8) is 0 Å². The Kier molecular flexibility index (Phi) is 7.96. The average Bonchev–Trinajstić information content (AvgIpc) is 3.64. The molecule has 0 aliphatic carbocycles. The highest BCUT2D eigenvalue weighted by Gasteiger charge is 2.20. The summed E-state index contributed by atoms with van der Waals surface area (Å²) < 4.78 is 12.8. The van der Waals surface area contributed by atoms with Gasteiger partial charge in [-0.1, -0.05) is 117 Å². The number of nitrogens with zero attached hydrogens (tertiary/aromatic N) is 1. The van der Waals surface area contributed by atoms with Crippen molar-refractivity contribution in [1.29, 1.82) is 5.41 Å². The minimum absolute atomic E-state index is 0.268. The van der Waals surface area contributed by atoms with Crippen LogP contribution >= 0.6 is 0 Å². The molecule has 0 aliphatic rings. The van der Waals surface area contributed by atoms with E-state index in [9.17, 15) is 5.41 Å². The predicted molar refractivity (Wildman–Crippen MR) is 192 cm³/mol. The smallest absolute Gasteiger partial charge is 0.143 e. The molecule has 0 radical (unpaired) electrons. The third-order valence-electron chi connectivity index (χ3n) is 7.88. The van der Waals surface area contributed by atoms with Gasteiger partial charge in [-0.3, -0.25) is 4.99 Å². The second-order valence-corrected chi connectivity index (χ2v) is 10.5. The topological polar surface area (TPSA) is 62.5 Å². The molecule has 45 heavy (non-hydrogen) atoms. The number of rotatable bonds is 10. The summed E-state index contributed by atoms with van der Waals surface area (Å²) in [5.74, 6) is 0.724. The summed E-state index contributed by atoms with van der Waals surface area (Å²) in [6, 6.07) is 26.4. The normalized spacial score (nSPS) is 12.3. The average molecular weight is 585 g/mol. The van der Waals surface area contributed by atoms with Gasteiger partial charge < -0.3 is 14.2 Å². The number of nitrogens with one attached hydrogen (secondary N) is 1. The fourth-order valence-electron chi connectivity index (χ4n) is 5.82. The number of furan rings is 2. The highest BCUT2D eigenvalue weighted by Crippen LogP contribution is 2.41. The number of aliphatic imine (C=N–C) groups is 1. The predicted octanol–water partition coefficient (Wildman–Crippen LogP) is 11.6. The lowest BCUT2D eigenvalue weighted by atomic mass is 9.90. The van der Waals surface area contributed by atoms with E-state index in [0.29, 0.717) is 11.3 Å². The molecule has 2 aromatic heterocycles. The maximum Gasteiger partial charge on any atom is 0.143 e. The number of para-hydroxylation sites is 3. The zero-order valence-electron chi connectivity index (χ0n) is 25.1. The van der Waals surface area contributed by atoms with Gasteiger partial charge in [-0.25, -0.2) is 0 Å². The zero-order chi connectivity index (χ0) is 31.5. The first-order valence-corrected chi connectivity index (χ1v) is 14.6. The summed E-state index contributed by atoms with van der Waals surface area (Å²) in [6.45, 7) is 17.4. The van der Waals surface area contributed by atoms with Gasteiger partial charge in [0.25, 0.3) is 0 Å². The summed E-state index contributed by atoms with van der Waals surface area (Å²) in [6.07, 6.45) is 12.6. The largest absolute Gasteiger partial charge is 0.455 e. The first kappa shape index (κ1) is 29.1. The Labute approximate surface area is 262 Å². The Morgan fingerprint density at radius 1 is 0.800 bits per heavy atom. The van der Waals surface area contributed by atoms with E-state index >= 15 is 0 Å². The van der Waals surface area contributed by atoms with Crippen molar-refractivity contribution < 1.29 is 8.83 Å². The molecule has 6 aromatic rings. The van der Waals surface area contributed by atoms with Gasteiger partial charge in [0.1, 0.15) is 22.5 Å². The number of fused-ring (bicyclic) bond motifs is 4. The Hall–Kier alpha value is -6.00. The first-order chi connectivity index (χ1) is 22.0. The molecule has 0 fully saturated rings. The fraction of sp³-hybridized carbons (Fsp3) is 0.0244. The third-order valence-corrected chi connectivity index (χ3v) is 7.88. The van der Waals surface area contributed by atoms with E-state index in [4.69, 9.17) is 8.83 Å². The molecular weight excluding hydrogens is 552 g/mol. The van der Waals surface area contributed by atoms with Crippen LogP contribution in [0.5, 0.6) is 0 Å². The van der Waals surface area contributed by atoms with Gasteiger partial charge in [-0.15, -0.1) is 0 Å². The van der Waals surface area contributed by atoms with E-state index in [0.717, 1.165) is 72.1 Å². The molecule has 0 saturated carbocycles. The SMILES string of the molecule is C=C/C=C(C=C)/C(=C/C(=N)c1ccc(-c2cccc3c(/C=C\C)c(C=C)oc23)cc1-c1cccc2c1oc1ccccc12)N=C. The van der Waals surface area contributed by atoms with E-state index in [1.54, 1.807) is 30.4 Å².